The van der Waals surface area contributed by atoms with E-state index in [2.05, 4.69) is 25.0 Å². The second kappa shape index (κ2) is 7.67. The summed E-state index contributed by atoms with van der Waals surface area (Å²) in [5, 5.41) is 2.97. The highest BCUT2D eigenvalue weighted by molar-refractivity contribution is 5.61. The van der Waals surface area contributed by atoms with Crippen LogP contribution < -0.4 is 15.8 Å². The van der Waals surface area contributed by atoms with Crippen LogP contribution in [0.1, 0.15) is 16.7 Å². The quantitative estimate of drug-likeness (QED) is 0.634. The molecule has 0 radical (unpaired) electrons. The van der Waals surface area contributed by atoms with Crippen LogP contribution in [-0.4, -0.2) is 21.3 Å². The Balaban J connectivity index is 1.78. The zero-order valence-corrected chi connectivity index (χ0v) is 14.6. The van der Waals surface area contributed by atoms with Gasteiger partial charge in [0.25, 0.3) is 0 Å². The number of pyridine rings is 3. The van der Waals surface area contributed by atoms with E-state index in [1.165, 1.54) is 24.5 Å². The van der Waals surface area contributed by atoms with Crippen molar-refractivity contribution in [2.45, 2.75) is 19.7 Å². The van der Waals surface area contributed by atoms with Crippen LogP contribution in [0.25, 0.3) is 0 Å². The first-order valence-electron chi connectivity index (χ1n) is 8.04. The number of aromatic nitrogens is 3. The van der Waals surface area contributed by atoms with E-state index in [1.807, 2.05) is 6.92 Å². The summed E-state index contributed by atoms with van der Waals surface area (Å²) in [6.07, 6.45) is 0.989. The van der Waals surface area contributed by atoms with E-state index in [9.17, 15) is 17.6 Å². The summed E-state index contributed by atoms with van der Waals surface area (Å²) in [4.78, 5) is 11.7. The van der Waals surface area contributed by atoms with Gasteiger partial charge in [-0.1, -0.05) is 0 Å². The van der Waals surface area contributed by atoms with Gasteiger partial charge in [-0.15, -0.1) is 13.2 Å². The summed E-state index contributed by atoms with van der Waals surface area (Å²) in [6.45, 7) is 1.81. The molecule has 0 bridgehead atoms. The van der Waals surface area contributed by atoms with Crippen molar-refractivity contribution in [1.29, 1.82) is 0 Å². The molecular formula is C18H15F4N5O. The molecule has 146 valence electrons. The summed E-state index contributed by atoms with van der Waals surface area (Å²) in [5.74, 6) is -0.881. The lowest BCUT2D eigenvalue weighted by molar-refractivity contribution is -0.274. The lowest BCUT2D eigenvalue weighted by Gasteiger charge is -2.13. The Kier molecular flexibility index (Phi) is 5.30. The molecule has 28 heavy (non-hydrogen) atoms. The number of rotatable bonds is 5. The molecule has 0 saturated carbocycles. The third-order valence-electron chi connectivity index (χ3n) is 3.93. The molecule has 0 aromatic carbocycles. The van der Waals surface area contributed by atoms with Gasteiger partial charge < -0.3 is 15.8 Å². The van der Waals surface area contributed by atoms with E-state index >= 15 is 0 Å². The molecule has 0 aliphatic carbocycles. The first kappa shape index (κ1) is 19.3. The molecule has 3 rings (SSSR count). The van der Waals surface area contributed by atoms with E-state index in [0.717, 1.165) is 23.4 Å². The maximum atomic E-state index is 14.1. The van der Waals surface area contributed by atoms with Crippen molar-refractivity contribution in [3.63, 3.8) is 0 Å². The van der Waals surface area contributed by atoms with Gasteiger partial charge in [0.15, 0.2) is 11.6 Å². The maximum Gasteiger partial charge on any atom is 0.573 e. The highest BCUT2D eigenvalue weighted by atomic mass is 19.4. The fourth-order valence-electron chi connectivity index (χ4n) is 2.50. The Morgan fingerprint density at radius 2 is 1.86 bits per heavy atom. The number of nitrogen functional groups attached to an aromatic ring is 1. The molecule has 10 heteroatoms. The number of hydrogen-bond acceptors (Lipinski definition) is 6. The molecule has 0 spiro atoms. The van der Waals surface area contributed by atoms with Crippen LogP contribution >= 0.6 is 0 Å². The van der Waals surface area contributed by atoms with Gasteiger partial charge in [-0.25, -0.2) is 14.4 Å². The molecule has 0 aliphatic heterocycles. The average molecular weight is 393 g/mol. The van der Waals surface area contributed by atoms with Crippen LogP contribution in [0.3, 0.4) is 0 Å². The van der Waals surface area contributed by atoms with E-state index in [0.29, 0.717) is 17.1 Å². The van der Waals surface area contributed by atoms with Gasteiger partial charge in [0, 0.05) is 18.8 Å². The minimum atomic E-state index is -4.78. The maximum absolute atomic E-state index is 14.1. The van der Waals surface area contributed by atoms with Crippen molar-refractivity contribution in [3.8, 4) is 5.75 Å². The lowest BCUT2D eigenvalue weighted by Crippen LogP contribution is -2.17. The summed E-state index contributed by atoms with van der Waals surface area (Å²) in [7, 11) is 0. The molecule has 0 aliphatic rings. The monoisotopic (exact) mass is 393 g/mol. The summed E-state index contributed by atoms with van der Waals surface area (Å²) in [6, 6.07) is 4.02. The van der Waals surface area contributed by atoms with E-state index in [4.69, 9.17) is 5.73 Å². The highest BCUT2D eigenvalue weighted by Gasteiger charge is 2.31. The Bertz CT molecular complexity index is 977. The van der Waals surface area contributed by atoms with Crippen molar-refractivity contribution in [2.75, 3.05) is 11.1 Å². The smallest absolute Gasteiger partial charge is 0.404 e. The predicted molar refractivity (Wildman–Crippen MR) is 94.6 cm³/mol. The number of nitrogens with one attached hydrogen (secondary N) is 1. The molecule has 0 saturated heterocycles. The number of nitrogens with two attached hydrogens (primary N) is 1. The number of nitrogens with zero attached hydrogens (tertiary/aromatic N) is 3. The van der Waals surface area contributed by atoms with Gasteiger partial charge in [0.2, 0.25) is 0 Å². The van der Waals surface area contributed by atoms with E-state index in [1.54, 1.807) is 6.20 Å². The second-order valence-corrected chi connectivity index (χ2v) is 5.87. The molecule has 3 aromatic heterocycles. The van der Waals surface area contributed by atoms with Crippen molar-refractivity contribution in [3.05, 3.63) is 65.5 Å². The number of hydrogen-bond donors (Lipinski definition) is 2. The van der Waals surface area contributed by atoms with Crippen LogP contribution in [0, 0.1) is 12.7 Å². The summed E-state index contributed by atoms with van der Waals surface area (Å²) < 4.78 is 54.5. The topological polar surface area (TPSA) is 86.0 Å². The summed E-state index contributed by atoms with van der Waals surface area (Å²) >= 11 is 0. The fourth-order valence-corrected chi connectivity index (χ4v) is 2.50. The van der Waals surface area contributed by atoms with Crippen LogP contribution in [-0.2, 0) is 6.42 Å². The van der Waals surface area contributed by atoms with Crippen LogP contribution in [0.2, 0.25) is 0 Å². The van der Waals surface area contributed by atoms with Crippen molar-refractivity contribution in [2.24, 2.45) is 0 Å². The third-order valence-corrected chi connectivity index (χ3v) is 3.93. The Labute approximate surface area is 157 Å². The number of ether oxygens (including phenoxy) is 1. The Hall–Kier alpha value is -3.43. The molecular weight excluding hydrogens is 378 g/mol. The SMILES string of the molecule is Cc1c(Cc2ccnc(N)c2F)cncc1Nc1ccc(OC(F)(F)F)cn1. The number of halogens is 4. The summed E-state index contributed by atoms with van der Waals surface area (Å²) in [5.41, 5.74) is 7.97. The molecule has 6 nitrogen and oxygen atoms in total. The molecule has 0 amide bonds. The lowest BCUT2D eigenvalue weighted by atomic mass is 10.0. The largest absolute Gasteiger partial charge is 0.573 e. The van der Waals surface area contributed by atoms with Crippen molar-refractivity contribution in [1.82, 2.24) is 15.0 Å². The zero-order valence-electron chi connectivity index (χ0n) is 14.6. The normalized spacial score (nSPS) is 11.3. The second-order valence-electron chi connectivity index (χ2n) is 5.87. The zero-order chi connectivity index (χ0) is 20.3. The Morgan fingerprint density at radius 1 is 1.07 bits per heavy atom. The molecule has 0 fully saturated rings. The molecule has 3 heterocycles. The van der Waals surface area contributed by atoms with Gasteiger partial charge in [0.1, 0.15) is 11.6 Å². The van der Waals surface area contributed by atoms with Crippen LogP contribution in [0.5, 0.6) is 5.75 Å². The fraction of sp³-hybridized carbons (Fsp3) is 0.167. The number of alkyl halides is 3. The van der Waals surface area contributed by atoms with E-state index < -0.39 is 17.9 Å². The predicted octanol–water partition coefficient (Wildman–Crippen LogP) is 4.13. The van der Waals surface area contributed by atoms with E-state index in [-0.39, 0.29) is 12.2 Å². The standard InChI is InChI=1S/C18H15F4N5O/c1-10-12(6-11-4-5-25-17(23)16(11)19)7-24-9-14(10)27-15-3-2-13(8-26-15)28-18(20,21)22/h2-5,7-9H,6H2,1H3,(H2,23,25)(H,26,27). The van der Waals surface area contributed by atoms with Crippen molar-refractivity contribution < 1.29 is 22.3 Å². The first-order chi connectivity index (χ1) is 13.2. The minimum Gasteiger partial charge on any atom is -0.404 e. The third kappa shape index (κ3) is 4.64. The highest BCUT2D eigenvalue weighted by Crippen LogP contribution is 2.26. The van der Waals surface area contributed by atoms with Crippen LogP contribution in [0.4, 0.5) is 34.9 Å². The van der Waals surface area contributed by atoms with Crippen LogP contribution in [0.15, 0.2) is 43.0 Å². The first-order valence-corrected chi connectivity index (χ1v) is 8.04. The van der Waals surface area contributed by atoms with Gasteiger partial charge in [0.05, 0.1) is 18.1 Å². The molecule has 0 unspecified atom stereocenters. The van der Waals surface area contributed by atoms with Crippen molar-refractivity contribution >= 4 is 17.3 Å². The van der Waals surface area contributed by atoms with Gasteiger partial charge in [-0.3, -0.25) is 4.98 Å². The van der Waals surface area contributed by atoms with Gasteiger partial charge in [-0.05, 0) is 41.8 Å². The molecule has 3 aromatic rings. The van der Waals surface area contributed by atoms with Gasteiger partial charge >= 0.3 is 6.36 Å². The Morgan fingerprint density at radius 3 is 2.54 bits per heavy atom. The van der Waals surface area contributed by atoms with Gasteiger partial charge in [-0.2, -0.15) is 0 Å². The molecule has 0 atom stereocenters. The minimum absolute atomic E-state index is 0.178. The molecule has 3 N–H and O–H groups in total. The average Bonchev–Trinajstić information content (AvgIpc) is 2.62. The number of anilines is 3.